The fraction of sp³-hybridized carbons (Fsp3) is 0.409. The zero-order chi connectivity index (χ0) is 23.4. The van der Waals surface area contributed by atoms with Gasteiger partial charge < -0.3 is 14.4 Å². The maximum atomic E-state index is 13.5. The van der Waals surface area contributed by atoms with Crippen molar-refractivity contribution in [3.63, 3.8) is 0 Å². The monoisotopic (exact) mass is 487 g/mol. The van der Waals surface area contributed by atoms with Crippen LogP contribution < -0.4 is 0 Å². The van der Waals surface area contributed by atoms with Crippen molar-refractivity contribution in [2.45, 2.75) is 45.9 Å². The topological polar surface area (TPSA) is 89.2 Å². The van der Waals surface area contributed by atoms with Crippen LogP contribution in [0.2, 0.25) is 10.0 Å². The maximum Gasteiger partial charge on any atom is 0.272 e. The predicted molar refractivity (Wildman–Crippen MR) is 122 cm³/mol. The summed E-state index contributed by atoms with van der Waals surface area (Å²) in [7, 11) is 1.89. The summed E-state index contributed by atoms with van der Waals surface area (Å²) in [6, 6.07) is 4.80. The van der Waals surface area contributed by atoms with E-state index in [-0.39, 0.29) is 17.9 Å². The summed E-state index contributed by atoms with van der Waals surface area (Å²) in [4.78, 5) is 30.3. The number of carbonyl (C=O) groups excluding carboxylic acids is 2. The SMILES string of the molecule is Cc1nnc(CN2CCn3nc4c(c3C2=O)CN(C(=O)c2ccc(Cl)c(Cl)c2)[C@H](C)C4)n1C. The quantitative estimate of drug-likeness (QED) is 0.566. The van der Waals surface area contributed by atoms with Gasteiger partial charge in [0.2, 0.25) is 0 Å². The third-order valence-electron chi connectivity index (χ3n) is 6.50. The largest absolute Gasteiger partial charge is 0.331 e. The molecule has 2 aliphatic heterocycles. The highest BCUT2D eigenvalue weighted by Gasteiger charge is 2.37. The molecular formula is C22H23Cl2N7O2. The number of halogens is 2. The minimum Gasteiger partial charge on any atom is -0.331 e. The van der Waals surface area contributed by atoms with E-state index in [9.17, 15) is 9.59 Å². The predicted octanol–water partition coefficient (Wildman–Crippen LogP) is 2.87. The van der Waals surface area contributed by atoms with Gasteiger partial charge in [-0.25, -0.2) is 0 Å². The molecule has 1 atom stereocenters. The molecule has 0 spiro atoms. The second-order valence-electron chi connectivity index (χ2n) is 8.56. The Morgan fingerprint density at radius 3 is 2.67 bits per heavy atom. The van der Waals surface area contributed by atoms with Gasteiger partial charge in [0.05, 0.1) is 35.4 Å². The first-order valence-corrected chi connectivity index (χ1v) is 11.5. The van der Waals surface area contributed by atoms with E-state index >= 15 is 0 Å². The normalized spacial score (nSPS) is 17.8. The Balaban J connectivity index is 1.43. The van der Waals surface area contributed by atoms with E-state index in [0.717, 1.165) is 22.9 Å². The van der Waals surface area contributed by atoms with Crippen LogP contribution in [0.4, 0.5) is 0 Å². The van der Waals surface area contributed by atoms with Gasteiger partial charge in [-0.05, 0) is 32.0 Å². The van der Waals surface area contributed by atoms with Crippen molar-refractivity contribution in [1.29, 1.82) is 0 Å². The van der Waals surface area contributed by atoms with E-state index in [1.165, 1.54) is 0 Å². The number of aryl methyl sites for hydroxylation is 1. The molecule has 2 amide bonds. The van der Waals surface area contributed by atoms with Crippen molar-refractivity contribution < 1.29 is 9.59 Å². The molecule has 0 N–H and O–H groups in total. The Kier molecular flexibility index (Phi) is 5.41. The first kappa shape index (κ1) is 21.9. The Labute approximate surface area is 200 Å². The van der Waals surface area contributed by atoms with Gasteiger partial charge in [-0.3, -0.25) is 14.3 Å². The lowest BCUT2D eigenvalue weighted by atomic mass is 9.97. The summed E-state index contributed by atoms with van der Waals surface area (Å²) in [6.45, 7) is 5.69. The molecule has 4 heterocycles. The molecule has 0 saturated carbocycles. The Hall–Kier alpha value is -2.91. The summed E-state index contributed by atoms with van der Waals surface area (Å²) in [5.41, 5.74) is 2.70. The molecule has 3 aromatic rings. The van der Waals surface area contributed by atoms with Gasteiger partial charge in [0.25, 0.3) is 11.8 Å². The lowest BCUT2D eigenvalue weighted by Crippen LogP contribution is -2.44. The molecule has 0 unspecified atom stereocenters. The third kappa shape index (κ3) is 3.69. The highest BCUT2D eigenvalue weighted by atomic mass is 35.5. The smallest absolute Gasteiger partial charge is 0.272 e. The van der Waals surface area contributed by atoms with Gasteiger partial charge in [-0.1, -0.05) is 23.2 Å². The van der Waals surface area contributed by atoms with Crippen LogP contribution in [0.3, 0.4) is 0 Å². The molecule has 9 nitrogen and oxygen atoms in total. The molecule has 33 heavy (non-hydrogen) atoms. The summed E-state index contributed by atoms with van der Waals surface area (Å²) in [5.74, 6) is 1.27. The molecule has 0 radical (unpaired) electrons. The van der Waals surface area contributed by atoms with Gasteiger partial charge >= 0.3 is 0 Å². The van der Waals surface area contributed by atoms with E-state index in [2.05, 4.69) is 10.2 Å². The maximum absolute atomic E-state index is 13.5. The standard InChI is InChI=1S/C22H23Cl2N7O2/c1-12-8-18-15(10-30(12)21(32)14-4-5-16(23)17(24)9-14)20-22(33)29(6-7-31(20)27-18)11-19-26-25-13(2)28(19)3/h4-5,9,12H,6-8,10-11H2,1-3H3/t12-/m1/s1. The lowest BCUT2D eigenvalue weighted by molar-refractivity contribution is 0.0635. The lowest BCUT2D eigenvalue weighted by Gasteiger charge is -2.34. The fourth-order valence-corrected chi connectivity index (χ4v) is 4.74. The van der Waals surface area contributed by atoms with Gasteiger partial charge in [0.15, 0.2) is 5.82 Å². The molecule has 0 aliphatic carbocycles. The van der Waals surface area contributed by atoms with Crippen LogP contribution in [-0.4, -0.2) is 58.7 Å². The highest BCUT2D eigenvalue weighted by molar-refractivity contribution is 6.42. The summed E-state index contributed by atoms with van der Waals surface area (Å²) in [5, 5.41) is 13.7. The van der Waals surface area contributed by atoms with Crippen LogP contribution in [0.15, 0.2) is 18.2 Å². The van der Waals surface area contributed by atoms with Crippen molar-refractivity contribution in [2.24, 2.45) is 7.05 Å². The summed E-state index contributed by atoms with van der Waals surface area (Å²) >= 11 is 12.1. The second kappa shape index (κ2) is 8.14. The summed E-state index contributed by atoms with van der Waals surface area (Å²) < 4.78 is 3.67. The van der Waals surface area contributed by atoms with Crippen LogP contribution in [0.25, 0.3) is 0 Å². The minimum atomic E-state index is -0.152. The van der Waals surface area contributed by atoms with Crippen LogP contribution in [0.1, 0.15) is 50.7 Å². The minimum absolute atomic E-state index is 0.0655. The third-order valence-corrected chi connectivity index (χ3v) is 7.24. The number of nitrogens with zero attached hydrogens (tertiary/aromatic N) is 7. The first-order valence-electron chi connectivity index (χ1n) is 10.7. The molecular weight excluding hydrogens is 465 g/mol. The van der Waals surface area contributed by atoms with Crippen LogP contribution in [0.5, 0.6) is 0 Å². The zero-order valence-corrected chi connectivity index (χ0v) is 20.1. The Morgan fingerprint density at radius 1 is 1.18 bits per heavy atom. The molecule has 0 fully saturated rings. The number of hydrogen-bond donors (Lipinski definition) is 0. The van der Waals surface area contributed by atoms with E-state index in [1.807, 2.05) is 25.5 Å². The number of rotatable bonds is 3. The van der Waals surface area contributed by atoms with Gasteiger partial charge in [0.1, 0.15) is 11.5 Å². The average Bonchev–Trinajstić information content (AvgIpc) is 3.30. The van der Waals surface area contributed by atoms with E-state index < -0.39 is 0 Å². The number of benzene rings is 1. The Morgan fingerprint density at radius 2 is 1.97 bits per heavy atom. The molecule has 0 bridgehead atoms. The molecule has 172 valence electrons. The van der Waals surface area contributed by atoms with Gasteiger partial charge in [-0.15, -0.1) is 10.2 Å². The number of carbonyl (C=O) groups is 2. The van der Waals surface area contributed by atoms with Gasteiger partial charge in [0, 0.05) is 37.2 Å². The molecule has 2 aromatic heterocycles. The van der Waals surface area contributed by atoms with E-state index in [1.54, 1.807) is 32.7 Å². The van der Waals surface area contributed by atoms with Crippen molar-refractivity contribution >= 4 is 35.0 Å². The molecule has 5 rings (SSSR count). The van der Waals surface area contributed by atoms with Crippen LogP contribution in [-0.2, 0) is 33.1 Å². The number of hydrogen-bond acceptors (Lipinski definition) is 5. The highest BCUT2D eigenvalue weighted by Crippen LogP contribution is 2.31. The van der Waals surface area contributed by atoms with Crippen molar-refractivity contribution in [3.8, 4) is 0 Å². The second-order valence-corrected chi connectivity index (χ2v) is 9.38. The molecule has 2 aliphatic rings. The first-order chi connectivity index (χ1) is 15.7. The van der Waals surface area contributed by atoms with E-state index in [0.29, 0.717) is 53.9 Å². The fourth-order valence-electron chi connectivity index (χ4n) is 4.44. The number of amides is 2. The van der Waals surface area contributed by atoms with Gasteiger partial charge in [-0.2, -0.15) is 5.10 Å². The van der Waals surface area contributed by atoms with Crippen molar-refractivity contribution in [2.75, 3.05) is 6.54 Å². The van der Waals surface area contributed by atoms with Crippen LogP contribution in [0, 0.1) is 6.92 Å². The number of aromatic nitrogens is 5. The molecule has 1 aromatic carbocycles. The van der Waals surface area contributed by atoms with Crippen molar-refractivity contribution in [3.05, 3.63) is 62.4 Å². The summed E-state index contributed by atoms with van der Waals surface area (Å²) in [6.07, 6.45) is 0.582. The number of fused-ring (bicyclic) bond motifs is 3. The molecule has 11 heteroatoms. The van der Waals surface area contributed by atoms with Crippen LogP contribution >= 0.6 is 23.2 Å². The molecule has 0 saturated heterocycles. The van der Waals surface area contributed by atoms with Crippen molar-refractivity contribution in [1.82, 2.24) is 34.3 Å². The average molecular weight is 488 g/mol. The van der Waals surface area contributed by atoms with E-state index in [4.69, 9.17) is 28.3 Å². The Bertz CT molecular complexity index is 1280. The zero-order valence-electron chi connectivity index (χ0n) is 18.5.